The zero-order chi connectivity index (χ0) is 18.8. The molecule has 0 saturated heterocycles. The lowest BCUT2D eigenvalue weighted by Crippen LogP contribution is -2.24. The minimum absolute atomic E-state index is 0.280. The van der Waals surface area contributed by atoms with Crippen molar-refractivity contribution in [1.82, 2.24) is 4.98 Å². The normalized spacial score (nSPS) is 10.6. The van der Waals surface area contributed by atoms with Crippen LogP contribution in [0, 0.1) is 6.92 Å². The number of pyridine rings is 1. The summed E-state index contributed by atoms with van der Waals surface area (Å²) in [5.41, 5.74) is 14.3. The van der Waals surface area contributed by atoms with E-state index in [9.17, 15) is 4.79 Å². The van der Waals surface area contributed by atoms with E-state index in [1.165, 1.54) is 0 Å². The van der Waals surface area contributed by atoms with Crippen LogP contribution in [-0.2, 0) is 0 Å². The van der Waals surface area contributed by atoms with Crippen molar-refractivity contribution < 1.29 is 9.53 Å². The summed E-state index contributed by atoms with van der Waals surface area (Å²) in [6.45, 7) is 1.88. The van der Waals surface area contributed by atoms with Crippen LogP contribution in [-0.4, -0.2) is 24.0 Å². The molecule has 2 aromatic carbocycles. The Balaban J connectivity index is 2.25. The number of hydrogen-bond donors (Lipinski definition) is 2. The van der Waals surface area contributed by atoms with Gasteiger partial charge in [0, 0.05) is 22.7 Å². The van der Waals surface area contributed by atoms with E-state index >= 15 is 0 Å². The van der Waals surface area contributed by atoms with E-state index in [0.717, 1.165) is 27.6 Å². The maximum Gasteiger partial charge on any atom is 0.280 e. The number of nitrogens with two attached hydrogens (primary N) is 2. The molecule has 0 unspecified atom stereocenters. The van der Waals surface area contributed by atoms with Crippen molar-refractivity contribution in [3.8, 4) is 16.9 Å². The molecule has 0 saturated carbocycles. The van der Waals surface area contributed by atoms with Gasteiger partial charge in [-0.1, -0.05) is 11.6 Å². The summed E-state index contributed by atoms with van der Waals surface area (Å²) in [4.78, 5) is 20.3. The molecule has 7 heteroatoms. The number of aryl methyl sites for hydroxylation is 1. The van der Waals surface area contributed by atoms with Crippen LogP contribution in [0.2, 0.25) is 5.02 Å². The Morgan fingerprint density at radius 3 is 2.58 bits per heavy atom. The van der Waals surface area contributed by atoms with Crippen molar-refractivity contribution in [3.05, 3.63) is 58.7 Å². The Morgan fingerprint density at radius 1 is 1.15 bits per heavy atom. The Labute approximate surface area is 155 Å². The minimum Gasteiger partial charge on any atom is -0.497 e. The number of rotatable bonds is 3. The molecule has 0 fully saturated rings. The number of aromatic nitrogens is 1. The van der Waals surface area contributed by atoms with E-state index in [2.05, 4.69) is 9.98 Å². The van der Waals surface area contributed by atoms with Crippen LogP contribution in [0.5, 0.6) is 5.75 Å². The van der Waals surface area contributed by atoms with Gasteiger partial charge in [-0.3, -0.25) is 9.78 Å². The zero-order valence-corrected chi connectivity index (χ0v) is 15.0. The van der Waals surface area contributed by atoms with Crippen LogP contribution in [0.1, 0.15) is 15.9 Å². The van der Waals surface area contributed by atoms with Gasteiger partial charge in [-0.15, -0.1) is 0 Å². The standard InChI is InChI=1S/C19H17ClN4O2/c1-10-7-11(18(25)24-19(21)22)8-15-13(5-6-23-17(10)15)14-4-3-12(26-2)9-16(14)20/h3-9H,1-2H3,(H4,21,22,24,25). The average molecular weight is 369 g/mol. The second-order valence-electron chi connectivity index (χ2n) is 5.74. The lowest BCUT2D eigenvalue weighted by atomic mass is 9.97. The molecule has 26 heavy (non-hydrogen) atoms. The summed E-state index contributed by atoms with van der Waals surface area (Å²) < 4.78 is 5.20. The van der Waals surface area contributed by atoms with Crippen molar-refractivity contribution in [3.63, 3.8) is 0 Å². The fourth-order valence-electron chi connectivity index (χ4n) is 2.81. The molecule has 1 amide bonds. The highest BCUT2D eigenvalue weighted by molar-refractivity contribution is 6.34. The fourth-order valence-corrected chi connectivity index (χ4v) is 3.09. The first-order valence-electron chi connectivity index (χ1n) is 7.78. The number of carbonyl (C=O) groups excluding carboxylic acids is 1. The van der Waals surface area contributed by atoms with Crippen LogP contribution in [0.4, 0.5) is 0 Å². The van der Waals surface area contributed by atoms with E-state index in [4.69, 9.17) is 27.8 Å². The van der Waals surface area contributed by atoms with Crippen LogP contribution in [0.15, 0.2) is 47.6 Å². The first-order valence-corrected chi connectivity index (χ1v) is 8.15. The number of nitrogens with zero attached hydrogens (tertiary/aromatic N) is 2. The van der Waals surface area contributed by atoms with Gasteiger partial charge >= 0.3 is 0 Å². The topological polar surface area (TPSA) is 104 Å². The highest BCUT2D eigenvalue weighted by atomic mass is 35.5. The zero-order valence-electron chi connectivity index (χ0n) is 14.3. The number of guanidine groups is 1. The summed E-state index contributed by atoms with van der Waals surface area (Å²) in [6.07, 6.45) is 1.71. The van der Waals surface area contributed by atoms with E-state index in [1.807, 2.05) is 25.1 Å². The lowest BCUT2D eigenvalue weighted by Gasteiger charge is -2.12. The summed E-state index contributed by atoms with van der Waals surface area (Å²) in [7, 11) is 1.58. The molecular formula is C19H17ClN4O2. The molecule has 0 radical (unpaired) electrons. The van der Waals surface area contributed by atoms with Crippen LogP contribution in [0.25, 0.3) is 22.0 Å². The molecule has 3 rings (SSSR count). The van der Waals surface area contributed by atoms with Gasteiger partial charge in [-0.2, -0.15) is 4.99 Å². The van der Waals surface area contributed by atoms with Gasteiger partial charge in [0.25, 0.3) is 5.91 Å². The molecule has 1 aromatic heterocycles. The predicted octanol–water partition coefficient (Wildman–Crippen LogP) is 3.29. The van der Waals surface area contributed by atoms with Gasteiger partial charge in [-0.05, 0) is 54.4 Å². The maximum atomic E-state index is 12.2. The second kappa shape index (κ2) is 7.01. The lowest BCUT2D eigenvalue weighted by molar-refractivity contribution is 0.100. The molecule has 0 spiro atoms. The fraction of sp³-hybridized carbons (Fsp3) is 0.105. The van der Waals surface area contributed by atoms with Crippen molar-refractivity contribution >= 4 is 34.4 Å². The molecule has 0 atom stereocenters. The van der Waals surface area contributed by atoms with Gasteiger partial charge in [0.1, 0.15) is 5.75 Å². The molecule has 0 aliphatic heterocycles. The highest BCUT2D eigenvalue weighted by Crippen LogP contribution is 2.36. The Kier molecular flexibility index (Phi) is 4.77. The number of aliphatic imine (C=N–C) groups is 1. The molecule has 3 aromatic rings. The number of carbonyl (C=O) groups is 1. The van der Waals surface area contributed by atoms with Gasteiger partial charge in [0.05, 0.1) is 17.6 Å². The van der Waals surface area contributed by atoms with Gasteiger partial charge in [0.2, 0.25) is 0 Å². The Bertz CT molecular complexity index is 1040. The third-order valence-electron chi connectivity index (χ3n) is 3.98. The number of hydrogen-bond acceptors (Lipinski definition) is 3. The largest absolute Gasteiger partial charge is 0.497 e. The van der Waals surface area contributed by atoms with Gasteiger partial charge in [0.15, 0.2) is 5.96 Å². The van der Waals surface area contributed by atoms with E-state index in [-0.39, 0.29) is 5.96 Å². The Hall–Kier alpha value is -3.12. The molecule has 132 valence electrons. The van der Waals surface area contributed by atoms with Crippen LogP contribution in [0.3, 0.4) is 0 Å². The molecule has 0 bridgehead atoms. The quantitative estimate of drug-likeness (QED) is 0.545. The first kappa shape index (κ1) is 17.7. The van der Waals surface area contributed by atoms with Crippen molar-refractivity contribution in [2.24, 2.45) is 16.5 Å². The molecular weight excluding hydrogens is 352 g/mol. The summed E-state index contributed by atoms with van der Waals surface area (Å²) in [5.74, 6) is -0.125. The number of halogens is 1. The third kappa shape index (κ3) is 3.32. The number of benzene rings is 2. The van der Waals surface area contributed by atoms with Crippen molar-refractivity contribution in [2.45, 2.75) is 6.92 Å². The maximum absolute atomic E-state index is 12.2. The van der Waals surface area contributed by atoms with Gasteiger partial charge < -0.3 is 16.2 Å². The van der Waals surface area contributed by atoms with E-state index in [1.54, 1.807) is 31.5 Å². The van der Waals surface area contributed by atoms with Crippen LogP contribution >= 0.6 is 11.6 Å². The molecule has 6 nitrogen and oxygen atoms in total. The molecule has 0 aliphatic rings. The number of amides is 1. The summed E-state index contributed by atoms with van der Waals surface area (Å²) >= 11 is 6.43. The monoisotopic (exact) mass is 368 g/mol. The van der Waals surface area contributed by atoms with Gasteiger partial charge in [-0.25, -0.2) is 0 Å². The van der Waals surface area contributed by atoms with E-state index in [0.29, 0.717) is 16.3 Å². The number of ether oxygens (including phenoxy) is 1. The first-order chi connectivity index (χ1) is 12.4. The Morgan fingerprint density at radius 2 is 1.92 bits per heavy atom. The number of methoxy groups -OCH3 is 1. The highest BCUT2D eigenvalue weighted by Gasteiger charge is 2.14. The minimum atomic E-state index is -0.509. The number of fused-ring (bicyclic) bond motifs is 1. The van der Waals surface area contributed by atoms with Crippen LogP contribution < -0.4 is 16.2 Å². The smallest absolute Gasteiger partial charge is 0.280 e. The molecule has 4 N–H and O–H groups in total. The SMILES string of the molecule is COc1ccc(-c2ccnc3c(C)cc(C(=O)N=C(N)N)cc23)c(Cl)c1. The molecule has 1 heterocycles. The predicted molar refractivity (Wildman–Crippen MR) is 104 cm³/mol. The second-order valence-corrected chi connectivity index (χ2v) is 6.14. The third-order valence-corrected chi connectivity index (χ3v) is 4.29. The summed E-state index contributed by atoms with van der Waals surface area (Å²) in [6, 6.07) is 10.7. The summed E-state index contributed by atoms with van der Waals surface area (Å²) in [5, 5.41) is 1.32. The molecule has 0 aliphatic carbocycles. The average Bonchev–Trinajstić information content (AvgIpc) is 2.60. The van der Waals surface area contributed by atoms with Crippen molar-refractivity contribution in [2.75, 3.05) is 7.11 Å². The van der Waals surface area contributed by atoms with E-state index < -0.39 is 5.91 Å². The van der Waals surface area contributed by atoms with Crippen molar-refractivity contribution in [1.29, 1.82) is 0 Å².